The zero-order chi connectivity index (χ0) is 13.3. The van der Waals surface area contributed by atoms with Crippen molar-refractivity contribution in [1.82, 2.24) is 19.8 Å². The summed E-state index contributed by atoms with van der Waals surface area (Å²) in [5, 5.41) is 3.49. The Morgan fingerprint density at radius 1 is 1.42 bits per heavy atom. The first kappa shape index (κ1) is 12.7. The Hall–Kier alpha value is -1.36. The van der Waals surface area contributed by atoms with E-state index in [1.807, 2.05) is 22.7 Å². The Kier molecular flexibility index (Phi) is 3.31. The average Bonchev–Trinajstić information content (AvgIpc) is 2.85. The molecule has 1 unspecified atom stereocenters. The van der Waals surface area contributed by atoms with Crippen LogP contribution in [-0.2, 0) is 7.05 Å². The van der Waals surface area contributed by atoms with E-state index in [1.165, 1.54) is 19.3 Å². The number of nitrogens with one attached hydrogen (secondary N) is 1. The molecule has 0 aliphatic carbocycles. The molecular weight excluding hydrogens is 240 g/mol. The zero-order valence-electron chi connectivity index (χ0n) is 11.6. The number of piperidine rings is 2. The summed E-state index contributed by atoms with van der Waals surface area (Å²) in [6, 6.07) is 0. The fourth-order valence-electron chi connectivity index (χ4n) is 3.45. The number of rotatable bonds is 1. The van der Waals surface area contributed by atoms with Crippen LogP contribution in [0.2, 0.25) is 0 Å². The molecule has 5 heteroatoms. The van der Waals surface area contributed by atoms with E-state index >= 15 is 0 Å². The maximum Gasteiger partial charge on any atom is 0.274 e. The molecule has 0 saturated carbocycles. The summed E-state index contributed by atoms with van der Waals surface area (Å²) in [5.74, 6) is 0.0882. The van der Waals surface area contributed by atoms with Crippen molar-refractivity contribution in [2.45, 2.75) is 25.7 Å². The number of nitrogens with zero attached hydrogens (tertiary/aromatic N) is 3. The van der Waals surface area contributed by atoms with E-state index < -0.39 is 0 Å². The third kappa shape index (κ3) is 2.52. The van der Waals surface area contributed by atoms with Crippen LogP contribution in [0.1, 0.15) is 36.2 Å². The predicted molar refractivity (Wildman–Crippen MR) is 72.9 cm³/mol. The van der Waals surface area contributed by atoms with Gasteiger partial charge in [-0.1, -0.05) is 0 Å². The minimum atomic E-state index is 0.0882. The Bertz CT molecular complexity index is 456. The molecule has 0 radical (unpaired) electrons. The standard InChI is InChI=1S/C14H22N4O/c1-17-8-12(16-11-17)13(19)18-7-3-5-14(10-18)4-2-6-15-9-14/h8,11,15H,2-7,9-10H2,1H3. The summed E-state index contributed by atoms with van der Waals surface area (Å²) in [6.45, 7) is 3.93. The van der Waals surface area contributed by atoms with Gasteiger partial charge in [-0.2, -0.15) is 0 Å². The van der Waals surface area contributed by atoms with Gasteiger partial charge in [-0.25, -0.2) is 4.98 Å². The SMILES string of the molecule is Cn1cnc(C(=O)N2CCCC3(CCCNC3)C2)c1. The van der Waals surface area contributed by atoms with Crippen LogP contribution >= 0.6 is 0 Å². The highest BCUT2D eigenvalue weighted by atomic mass is 16.2. The van der Waals surface area contributed by atoms with E-state index in [0.717, 1.165) is 32.6 Å². The molecule has 1 amide bonds. The van der Waals surface area contributed by atoms with Gasteiger partial charge < -0.3 is 14.8 Å². The minimum Gasteiger partial charge on any atom is -0.340 e. The molecule has 5 nitrogen and oxygen atoms in total. The van der Waals surface area contributed by atoms with Crippen molar-refractivity contribution in [3.63, 3.8) is 0 Å². The number of likely N-dealkylation sites (tertiary alicyclic amines) is 1. The van der Waals surface area contributed by atoms with Gasteiger partial charge in [0.25, 0.3) is 5.91 Å². The summed E-state index contributed by atoms with van der Waals surface area (Å²) in [4.78, 5) is 18.6. The van der Waals surface area contributed by atoms with E-state index in [9.17, 15) is 4.79 Å². The summed E-state index contributed by atoms with van der Waals surface area (Å²) in [6.07, 6.45) is 8.32. The first-order chi connectivity index (χ1) is 9.19. The normalized spacial score (nSPS) is 27.7. The molecule has 2 aliphatic heterocycles. The lowest BCUT2D eigenvalue weighted by atomic mass is 9.74. The smallest absolute Gasteiger partial charge is 0.274 e. The fourth-order valence-corrected chi connectivity index (χ4v) is 3.45. The number of aryl methyl sites for hydroxylation is 1. The van der Waals surface area contributed by atoms with Gasteiger partial charge in [0, 0.05) is 38.3 Å². The number of hydrogen-bond donors (Lipinski definition) is 1. The second-order valence-corrected chi connectivity index (χ2v) is 6.03. The molecule has 1 aromatic heterocycles. The van der Waals surface area contributed by atoms with Crippen LogP contribution in [0.5, 0.6) is 0 Å². The minimum absolute atomic E-state index is 0.0882. The number of hydrogen-bond acceptors (Lipinski definition) is 3. The Labute approximate surface area is 114 Å². The highest BCUT2D eigenvalue weighted by molar-refractivity contribution is 5.92. The molecule has 104 valence electrons. The van der Waals surface area contributed by atoms with Crippen LogP contribution in [0, 0.1) is 5.41 Å². The molecule has 1 N–H and O–H groups in total. The summed E-state index contributed by atoms with van der Waals surface area (Å²) >= 11 is 0. The maximum atomic E-state index is 12.5. The van der Waals surface area contributed by atoms with Crippen LogP contribution in [0.4, 0.5) is 0 Å². The number of aromatic nitrogens is 2. The molecular formula is C14H22N4O. The molecule has 3 rings (SSSR count). The Balaban J connectivity index is 1.72. The zero-order valence-corrected chi connectivity index (χ0v) is 11.6. The predicted octanol–water partition coefficient (Wildman–Crippen LogP) is 1.03. The van der Waals surface area contributed by atoms with Crippen LogP contribution in [0.15, 0.2) is 12.5 Å². The van der Waals surface area contributed by atoms with Crippen molar-refractivity contribution in [3.8, 4) is 0 Å². The molecule has 2 aliphatic rings. The van der Waals surface area contributed by atoms with Gasteiger partial charge in [-0.3, -0.25) is 4.79 Å². The third-order valence-corrected chi connectivity index (χ3v) is 4.43. The van der Waals surface area contributed by atoms with Crippen LogP contribution in [0.3, 0.4) is 0 Å². The number of carbonyl (C=O) groups excluding carboxylic acids is 1. The van der Waals surface area contributed by atoms with Crippen molar-refractivity contribution in [3.05, 3.63) is 18.2 Å². The Morgan fingerprint density at radius 3 is 2.95 bits per heavy atom. The monoisotopic (exact) mass is 262 g/mol. The second-order valence-electron chi connectivity index (χ2n) is 6.03. The van der Waals surface area contributed by atoms with Crippen LogP contribution < -0.4 is 5.32 Å². The van der Waals surface area contributed by atoms with E-state index in [4.69, 9.17) is 0 Å². The molecule has 1 aromatic rings. The lowest BCUT2D eigenvalue weighted by molar-refractivity contribution is 0.0429. The lowest BCUT2D eigenvalue weighted by Crippen LogP contribution is -2.52. The highest BCUT2D eigenvalue weighted by Crippen LogP contribution is 2.36. The summed E-state index contributed by atoms with van der Waals surface area (Å²) in [5.41, 5.74) is 0.879. The summed E-state index contributed by atoms with van der Waals surface area (Å²) < 4.78 is 1.83. The average molecular weight is 262 g/mol. The molecule has 1 spiro atoms. The van der Waals surface area contributed by atoms with Gasteiger partial charge in [0.05, 0.1) is 6.33 Å². The first-order valence-electron chi connectivity index (χ1n) is 7.17. The largest absolute Gasteiger partial charge is 0.340 e. The Morgan fingerprint density at radius 2 is 2.26 bits per heavy atom. The van der Waals surface area contributed by atoms with Crippen molar-refractivity contribution in [2.75, 3.05) is 26.2 Å². The molecule has 1 atom stereocenters. The van der Waals surface area contributed by atoms with Gasteiger partial charge in [0.1, 0.15) is 5.69 Å². The van der Waals surface area contributed by atoms with Crippen LogP contribution in [-0.4, -0.2) is 46.5 Å². The van der Waals surface area contributed by atoms with Crippen molar-refractivity contribution in [1.29, 1.82) is 0 Å². The van der Waals surface area contributed by atoms with Gasteiger partial charge in [-0.15, -0.1) is 0 Å². The topological polar surface area (TPSA) is 50.2 Å². The number of amides is 1. The first-order valence-corrected chi connectivity index (χ1v) is 7.17. The van der Waals surface area contributed by atoms with Crippen molar-refractivity contribution >= 4 is 5.91 Å². The maximum absolute atomic E-state index is 12.5. The van der Waals surface area contributed by atoms with Gasteiger partial charge >= 0.3 is 0 Å². The quantitative estimate of drug-likeness (QED) is 0.822. The van der Waals surface area contributed by atoms with E-state index in [0.29, 0.717) is 11.1 Å². The van der Waals surface area contributed by atoms with Crippen LogP contribution in [0.25, 0.3) is 0 Å². The second kappa shape index (κ2) is 4.96. The van der Waals surface area contributed by atoms with E-state index in [2.05, 4.69) is 10.3 Å². The third-order valence-electron chi connectivity index (χ3n) is 4.43. The molecule has 2 saturated heterocycles. The molecule has 0 bridgehead atoms. The van der Waals surface area contributed by atoms with E-state index in [1.54, 1.807) is 6.33 Å². The van der Waals surface area contributed by atoms with Gasteiger partial charge in [0.15, 0.2) is 0 Å². The molecule has 0 aromatic carbocycles. The molecule has 3 heterocycles. The lowest BCUT2D eigenvalue weighted by Gasteiger charge is -2.45. The fraction of sp³-hybridized carbons (Fsp3) is 0.714. The highest BCUT2D eigenvalue weighted by Gasteiger charge is 2.38. The molecule has 2 fully saturated rings. The van der Waals surface area contributed by atoms with Crippen molar-refractivity contribution in [2.24, 2.45) is 12.5 Å². The van der Waals surface area contributed by atoms with Gasteiger partial charge in [0.2, 0.25) is 0 Å². The number of imidazole rings is 1. The van der Waals surface area contributed by atoms with Gasteiger partial charge in [-0.05, 0) is 32.2 Å². The molecule has 19 heavy (non-hydrogen) atoms. The summed E-state index contributed by atoms with van der Waals surface area (Å²) in [7, 11) is 1.90. The van der Waals surface area contributed by atoms with Crippen molar-refractivity contribution < 1.29 is 4.79 Å². The number of carbonyl (C=O) groups is 1. The van der Waals surface area contributed by atoms with E-state index in [-0.39, 0.29) is 5.91 Å².